The van der Waals surface area contributed by atoms with Crippen molar-refractivity contribution in [2.75, 3.05) is 18.4 Å². The Morgan fingerprint density at radius 2 is 2.35 bits per heavy atom. The van der Waals surface area contributed by atoms with Gasteiger partial charge in [0.05, 0.1) is 11.1 Å². The highest BCUT2D eigenvalue weighted by atomic mass is 32.1. The molecule has 1 aromatic carbocycles. The van der Waals surface area contributed by atoms with Crippen molar-refractivity contribution >= 4 is 28.1 Å². The van der Waals surface area contributed by atoms with E-state index in [2.05, 4.69) is 10.3 Å². The molecule has 3 rings (SSSR count). The van der Waals surface area contributed by atoms with Gasteiger partial charge >= 0.3 is 0 Å². The molecule has 2 aromatic rings. The maximum Gasteiger partial charge on any atom is 0.272 e. The van der Waals surface area contributed by atoms with Crippen LogP contribution in [0, 0.1) is 10.1 Å². The summed E-state index contributed by atoms with van der Waals surface area (Å²) in [5.74, 6) is -0.0798. The summed E-state index contributed by atoms with van der Waals surface area (Å²) in [6.45, 7) is 3.59. The number of nitrogens with zero attached hydrogens (tertiary/aromatic N) is 3. The topological polar surface area (TPSA) is 88.4 Å². The minimum atomic E-state index is -0.359. The molecule has 7 nitrogen and oxygen atoms in total. The summed E-state index contributed by atoms with van der Waals surface area (Å²) in [5, 5.41) is 14.9. The Morgan fingerprint density at radius 3 is 3.09 bits per heavy atom. The quantitative estimate of drug-likeness (QED) is 0.687. The molecule has 0 saturated carbocycles. The molecule has 120 valence electrons. The first-order valence-electron chi connectivity index (χ1n) is 7.34. The Morgan fingerprint density at radius 1 is 1.52 bits per heavy atom. The third-order valence-electron chi connectivity index (χ3n) is 3.77. The third kappa shape index (κ3) is 3.02. The maximum absolute atomic E-state index is 12.6. The van der Waals surface area contributed by atoms with Crippen molar-refractivity contribution in [2.24, 2.45) is 0 Å². The standard InChI is InChI=1S/C15H16N4O3S/c1-2-16-15-17-8-13(23-15)14(20)18-7-6-11-10(9-18)4-3-5-12(11)19(21)22/h3-5,8H,2,6-7,9H2,1H3,(H,16,17). The lowest BCUT2D eigenvalue weighted by molar-refractivity contribution is -0.385. The molecule has 23 heavy (non-hydrogen) atoms. The summed E-state index contributed by atoms with van der Waals surface area (Å²) in [6.07, 6.45) is 2.07. The van der Waals surface area contributed by atoms with Crippen molar-refractivity contribution in [1.82, 2.24) is 9.88 Å². The number of nitro groups is 1. The SMILES string of the molecule is CCNc1ncc(C(=O)N2CCc3c(cccc3[N+](=O)[O-])C2)s1. The molecule has 1 aliphatic heterocycles. The summed E-state index contributed by atoms with van der Waals surface area (Å²) < 4.78 is 0. The van der Waals surface area contributed by atoms with Crippen LogP contribution in [0.1, 0.15) is 27.7 Å². The molecule has 0 spiro atoms. The van der Waals surface area contributed by atoms with Crippen molar-refractivity contribution < 1.29 is 9.72 Å². The van der Waals surface area contributed by atoms with E-state index in [4.69, 9.17) is 0 Å². The lowest BCUT2D eigenvalue weighted by Gasteiger charge is -2.28. The van der Waals surface area contributed by atoms with Crippen LogP contribution in [0.4, 0.5) is 10.8 Å². The van der Waals surface area contributed by atoms with Crippen molar-refractivity contribution in [3.8, 4) is 0 Å². The van der Waals surface area contributed by atoms with Crippen LogP contribution in [-0.4, -0.2) is 33.8 Å². The van der Waals surface area contributed by atoms with Crippen molar-refractivity contribution in [2.45, 2.75) is 19.9 Å². The largest absolute Gasteiger partial charge is 0.362 e. The Bertz CT molecular complexity index is 759. The first kappa shape index (κ1) is 15.4. The van der Waals surface area contributed by atoms with E-state index in [1.807, 2.05) is 13.0 Å². The van der Waals surface area contributed by atoms with E-state index in [0.29, 0.717) is 24.4 Å². The molecule has 0 aliphatic carbocycles. The van der Waals surface area contributed by atoms with Crippen LogP contribution < -0.4 is 5.32 Å². The van der Waals surface area contributed by atoms with Gasteiger partial charge in [-0.1, -0.05) is 23.5 Å². The van der Waals surface area contributed by atoms with E-state index in [-0.39, 0.29) is 16.5 Å². The summed E-state index contributed by atoms with van der Waals surface area (Å²) in [5.41, 5.74) is 1.72. The molecule has 0 radical (unpaired) electrons. The van der Waals surface area contributed by atoms with E-state index in [0.717, 1.165) is 22.8 Å². The maximum atomic E-state index is 12.6. The number of aromatic nitrogens is 1. The van der Waals surface area contributed by atoms with Gasteiger partial charge in [-0.05, 0) is 18.9 Å². The number of nitro benzene ring substituents is 1. The zero-order valence-corrected chi connectivity index (χ0v) is 13.4. The van der Waals surface area contributed by atoms with Crippen LogP contribution in [0.25, 0.3) is 0 Å². The predicted octanol–water partition coefficient (Wildman–Crippen LogP) is 2.68. The van der Waals surface area contributed by atoms with Crippen LogP contribution in [0.5, 0.6) is 0 Å². The van der Waals surface area contributed by atoms with Gasteiger partial charge in [0.1, 0.15) is 4.88 Å². The van der Waals surface area contributed by atoms with E-state index in [1.165, 1.54) is 17.4 Å². The number of hydrogen-bond donors (Lipinski definition) is 1. The predicted molar refractivity (Wildman–Crippen MR) is 87.8 cm³/mol. The molecular formula is C15H16N4O3S. The smallest absolute Gasteiger partial charge is 0.272 e. The molecule has 2 heterocycles. The number of carbonyl (C=O) groups excluding carboxylic acids is 1. The van der Waals surface area contributed by atoms with E-state index in [1.54, 1.807) is 17.2 Å². The Balaban J connectivity index is 1.80. The second-order valence-electron chi connectivity index (χ2n) is 5.21. The van der Waals surface area contributed by atoms with E-state index in [9.17, 15) is 14.9 Å². The number of rotatable bonds is 4. The monoisotopic (exact) mass is 332 g/mol. The Hall–Kier alpha value is -2.48. The molecule has 1 amide bonds. The van der Waals surface area contributed by atoms with Gasteiger partial charge in [0.2, 0.25) is 0 Å². The van der Waals surface area contributed by atoms with Gasteiger partial charge in [0.15, 0.2) is 5.13 Å². The molecule has 1 N–H and O–H groups in total. The molecule has 8 heteroatoms. The van der Waals surface area contributed by atoms with Crippen molar-refractivity contribution in [3.63, 3.8) is 0 Å². The van der Waals surface area contributed by atoms with Gasteiger partial charge in [-0.3, -0.25) is 14.9 Å². The molecule has 0 unspecified atom stereocenters. The first-order valence-corrected chi connectivity index (χ1v) is 8.16. The van der Waals surface area contributed by atoms with Gasteiger partial charge in [-0.25, -0.2) is 4.98 Å². The molecule has 0 saturated heterocycles. The van der Waals surface area contributed by atoms with Gasteiger partial charge in [0.25, 0.3) is 11.6 Å². The Labute approximate surface area is 137 Å². The average Bonchev–Trinajstić information content (AvgIpc) is 3.02. The van der Waals surface area contributed by atoms with Crippen LogP contribution in [0.15, 0.2) is 24.4 Å². The van der Waals surface area contributed by atoms with Crippen LogP contribution >= 0.6 is 11.3 Å². The molecule has 0 bridgehead atoms. The Kier molecular flexibility index (Phi) is 4.24. The van der Waals surface area contributed by atoms with Crippen molar-refractivity contribution in [3.05, 3.63) is 50.5 Å². The number of amides is 1. The van der Waals surface area contributed by atoms with Crippen LogP contribution in [0.3, 0.4) is 0 Å². The third-order valence-corrected chi connectivity index (χ3v) is 4.71. The number of hydrogen-bond acceptors (Lipinski definition) is 6. The first-order chi connectivity index (χ1) is 11.1. The molecule has 0 atom stereocenters. The lowest BCUT2D eigenvalue weighted by atomic mass is 9.98. The van der Waals surface area contributed by atoms with Crippen LogP contribution in [-0.2, 0) is 13.0 Å². The zero-order valence-electron chi connectivity index (χ0n) is 12.6. The summed E-state index contributed by atoms with van der Waals surface area (Å²) in [6, 6.07) is 5.03. The highest BCUT2D eigenvalue weighted by Gasteiger charge is 2.27. The number of nitrogens with one attached hydrogen (secondary N) is 1. The lowest BCUT2D eigenvalue weighted by Crippen LogP contribution is -2.35. The summed E-state index contributed by atoms with van der Waals surface area (Å²) >= 11 is 1.33. The second-order valence-corrected chi connectivity index (χ2v) is 6.24. The minimum Gasteiger partial charge on any atom is -0.362 e. The van der Waals surface area contributed by atoms with E-state index >= 15 is 0 Å². The summed E-state index contributed by atoms with van der Waals surface area (Å²) in [4.78, 5) is 29.8. The molecule has 1 aromatic heterocycles. The second kappa shape index (κ2) is 6.33. The fraction of sp³-hybridized carbons (Fsp3) is 0.333. The highest BCUT2D eigenvalue weighted by molar-refractivity contribution is 7.17. The number of benzene rings is 1. The van der Waals surface area contributed by atoms with Gasteiger partial charge in [0, 0.05) is 31.3 Å². The average molecular weight is 332 g/mol. The van der Waals surface area contributed by atoms with Gasteiger partial charge in [-0.2, -0.15) is 0 Å². The molecule has 1 aliphatic rings. The minimum absolute atomic E-state index is 0.0798. The zero-order chi connectivity index (χ0) is 16.4. The van der Waals surface area contributed by atoms with Gasteiger partial charge < -0.3 is 10.2 Å². The number of carbonyl (C=O) groups is 1. The molecule has 0 fully saturated rings. The number of anilines is 1. The fourth-order valence-electron chi connectivity index (χ4n) is 2.70. The number of fused-ring (bicyclic) bond motifs is 1. The fourth-order valence-corrected chi connectivity index (χ4v) is 3.55. The highest BCUT2D eigenvalue weighted by Crippen LogP contribution is 2.29. The summed E-state index contributed by atoms with van der Waals surface area (Å²) in [7, 11) is 0. The van der Waals surface area contributed by atoms with Crippen molar-refractivity contribution in [1.29, 1.82) is 0 Å². The van der Waals surface area contributed by atoms with E-state index < -0.39 is 0 Å². The van der Waals surface area contributed by atoms with Crippen LogP contribution in [0.2, 0.25) is 0 Å². The number of thiazole rings is 1. The molecular weight excluding hydrogens is 316 g/mol. The van der Waals surface area contributed by atoms with Gasteiger partial charge in [-0.15, -0.1) is 0 Å². The normalized spacial score (nSPS) is 13.5.